The zero-order valence-electron chi connectivity index (χ0n) is 12.6. The smallest absolute Gasteiger partial charge is 0.173 e. The van der Waals surface area contributed by atoms with Gasteiger partial charge in [0.2, 0.25) is 0 Å². The maximum absolute atomic E-state index is 5.18. The first kappa shape index (κ1) is 16.7. The highest BCUT2D eigenvalue weighted by Crippen LogP contribution is 2.20. The minimum Gasteiger partial charge on any atom is -1.00 e. The van der Waals surface area contributed by atoms with Crippen LogP contribution in [0.4, 0.5) is 0 Å². The molecule has 2 nitrogen and oxygen atoms in total. The Hall–Kier alpha value is -1.35. The van der Waals surface area contributed by atoms with Crippen molar-refractivity contribution in [2.45, 2.75) is 32.7 Å². The lowest BCUT2D eigenvalue weighted by Gasteiger charge is -2.16. The summed E-state index contributed by atoms with van der Waals surface area (Å²) < 4.78 is 7.40. The molecule has 0 aliphatic carbocycles. The number of hydrogen-bond acceptors (Lipinski definition) is 1. The predicted octanol–water partition coefficient (Wildman–Crippen LogP) is 0.333. The molecule has 1 heterocycles. The Bertz CT molecular complexity index is 544. The van der Waals surface area contributed by atoms with E-state index < -0.39 is 0 Å². The maximum Gasteiger partial charge on any atom is 0.173 e. The van der Waals surface area contributed by atoms with Crippen LogP contribution >= 0.6 is 0 Å². The quantitative estimate of drug-likeness (QED) is 0.737. The third-order valence-corrected chi connectivity index (χ3v) is 3.25. The molecule has 2 rings (SSSR count). The Balaban J connectivity index is 0.00000200. The second-order valence-electron chi connectivity index (χ2n) is 5.86. The highest BCUT2D eigenvalue weighted by atomic mass is 79.9. The van der Waals surface area contributed by atoms with Crippen molar-refractivity contribution in [1.29, 1.82) is 0 Å². The third kappa shape index (κ3) is 4.34. The van der Waals surface area contributed by atoms with Crippen LogP contribution in [0, 0.1) is 0 Å². The molecular weight excluding hydrogens is 314 g/mol. The highest BCUT2D eigenvalue weighted by molar-refractivity contribution is 5.26. The molecule has 3 heteroatoms. The molecule has 0 unspecified atom stereocenters. The summed E-state index contributed by atoms with van der Waals surface area (Å²) in [7, 11) is 1.69. The largest absolute Gasteiger partial charge is 1.00 e. The number of benzene rings is 1. The number of methoxy groups -OCH3 is 1. The van der Waals surface area contributed by atoms with Gasteiger partial charge in [0.15, 0.2) is 18.9 Å². The topological polar surface area (TPSA) is 13.1 Å². The Kier molecular flexibility index (Phi) is 5.75. The average molecular weight is 336 g/mol. The van der Waals surface area contributed by atoms with Gasteiger partial charge in [0.05, 0.1) is 7.11 Å². The van der Waals surface area contributed by atoms with Crippen molar-refractivity contribution < 1.29 is 26.3 Å². The van der Waals surface area contributed by atoms with Gasteiger partial charge in [-0.2, -0.15) is 0 Å². The van der Waals surface area contributed by atoms with Crippen molar-refractivity contribution in [2.24, 2.45) is 0 Å². The molecule has 1 aromatic heterocycles. The fraction of sp³-hybridized carbons (Fsp3) is 0.353. The Morgan fingerprint density at radius 3 is 2.25 bits per heavy atom. The van der Waals surface area contributed by atoms with Crippen molar-refractivity contribution in [2.75, 3.05) is 7.11 Å². The molecule has 0 bridgehead atoms. The number of rotatable bonds is 3. The van der Waals surface area contributed by atoms with E-state index in [9.17, 15) is 0 Å². The van der Waals surface area contributed by atoms with Gasteiger partial charge in [0.1, 0.15) is 5.75 Å². The molecule has 0 aliphatic rings. The molecule has 0 radical (unpaired) electrons. The van der Waals surface area contributed by atoms with E-state index in [4.69, 9.17) is 4.74 Å². The van der Waals surface area contributed by atoms with E-state index in [0.29, 0.717) is 0 Å². The summed E-state index contributed by atoms with van der Waals surface area (Å²) in [6.07, 6.45) is 4.34. The number of hydrogen-bond donors (Lipinski definition) is 0. The van der Waals surface area contributed by atoms with Crippen molar-refractivity contribution in [3.8, 4) is 5.75 Å². The molecule has 0 aliphatic heterocycles. The molecule has 0 spiro atoms. The highest BCUT2D eigenvalue weighted by Gasteiger charge is 2.17. The lowest BCUT2D eigenvalue weighted by molar-refractivity contribution is -0.688. The number of ether oxygens (including phenoxy) is 1. The van der Waals surface area contributed by atoms with Gasteiger partial charge in [-0.25, -0.2) is 4.57 Å². The zero-order chi connectivity index (χ0) is 13.9. The second-order valence-corrected chi connectivity index (χ2v) is 5.86. The van der Waals surface area contributed by atoms with Gasteiger partial charge in [-0.15, -0.1) is 0 Å². The normalized spacial score (nSPS) is 10.8. The van der Waals surface area contributed by atoms with Crippen LogP contribution < -0.4 is 26.3 Å². The summed E-state index contributed by atoms with van der Waals surface area (Å²) in [4.78, 5) is 0. The van der Waals surface area contributed by atoms with Crippen molar-refractivity contribution in [3.63, 3.8) is 0 Å². The SMILES string of the molecule is COc1ccc(C[n+]2cccc(C(C)(C)C)c2)cc1.[Br-]. The minimum atomic E-state index is 0. The van der Waals surface area contributed by atoms with E-state index in [1.165, 1.54) is 11.1 Å². The molecule has 2 aromatic rings. The lowest BCUT2D eigenvalue weighted by atomic mass is 9.88. The second kappa shape index (κ2) is 6.89. The summed E-state index contributed by atoms with van der Waals surface area (Å²) in [6.45, 7) is 7.59. The van der Waals surface area contributed by atoms with Crippen molar-refractivity contribution in [3.05, 3.63) is 59.9 Å². The molecule has 1 aromatic carbocycles. The van der Waals surface area contributed by atoms with Crippen LogP contribution in [0.15, 0.2) is 48.8 Å². The predicted molar refractivity (Wildman–Crippen MR) is 77.4 cm³/mol. The summed E-state index contributed by atoms with van der Waals surface area (Å²) in [5, 5.41) is 0. The van der Waals surface area contributed by atoms with Gasteiger partial charge in [-0.3, -0.25) is 0 Å². The van der Waals surface area contributed by atoms with Gasteiger partial charge >= 0.3 is 0 Å². The van der Waals surface area contributed by atoms with Crippen LogP contribution in [0.3, 0.4) is 0 Å². The fourth-order valence-electron chi connectivity index (χ4n) is 2.01. The van der Waals surface area contributed by atoms with Gasteiger partial charge in [-0.05, 0) is 35.7 Å². The first-order valence-corrected chi connectivity index (χ1v) is 6.61. The molecule has 0 saturated heterocycles. The lowest BCUT2D eigenvalue weighted by Crippen LogP contribution is -3.00. The van der Waals surface area contributed by atoms with E-state index in [0.717, 1.165) is 12.3 Å². The monoisotopic (exact) mass is 335 g/mol. The zero-order valence-corrected chi connectivity index (χ0v) is 14.1. The molecule has 0 amide bonds. The van der Waals surface area contributed by atoms with E-state index in [1.54, 1.807) is 7.11 Å². The van der Waals surface area contributed by atoms with Gasteiger partial charge in [0.25, 0.3) is 0 Å². The molecule has 0 atom stereocenters. The molecule has 108 valence electrons. The average Bonchev–Trinajstić information content (AvgIpc) is 2.39. The van der Waals surface area contributed by atoms with Crippen LogP contribution in [-0.4, -0.2) is 7.11 Å². The first-order valence-electron chi connectivity index (χ1n) is 6.61. The first-order chi connectivity index (χ1) is 8.99. The summed E-state index contributed by atoms with van der Waals surface area (Å²) in [5.41, 5.74) is 2.81. The Morgan fingerprint density at radius 1 is 1.05 bits per heavy atom. The summed E-state index contributed by atoms with van der Waals surface area (Å²) >= 11 is 0. The fourth-order valence-corrected chi connectivity index (χ4v) is 2.01. The van der Waals surface area contributed by atoms with Crippen LogP contribution in [0.1, 0.15) is 31.9 Å². The van der Waals surface area contributed by atoms with E-state index in [1.807, 2.05) is 12.1 Å². The molecular formula is C17H22BrNO. The van der Waals surface area contributed by atoms with Gasteiger partial charge in [-0.1, -0.05) is 20.8 Å². The number of pyridine rings is 1. The molecule has 0 saturated carbocycles. The van der Waals surface area contributed by atoms with Crippen LogP contribution in [0.5, 0.6) is 5.75 Å². The minimum absolute atomic E-state index is 0. The third-order valence-electron chi connectivity index (χ3n) is 3.25. The number of halogens is 1. The van der Waals surface area contributed by atoms with E-state index >= 15 is 0 Å². The Labute approximate surface area is 132 Å². The van der Waals surface area contributed by atoms with Crippen molar-refractivity contribution in [1.82, 2.24) is 0 Å². The maximum atomic E-state index is 5.18. The van der Waals surface area contributed by atoms with Gasteiger partial charge < -0.3 is 21.7 Å². The van der Waals surface area contributed by atoms with Crippen LogP contribution in [-0.2, 0) is 12.0 Å². The summed E-state index contributed by atoms with van der Waals surface area (Å²) in [5.74, 6) is 0.900. The number of aromatic nitrogens is 1. The van der Waals surface area contributed by atoms with E-state index in [2.05, 4.69) is 62.0 Å². The molecule has 20 heavy (non-hydrogen) atoms. The van der Waals surface area contributed by atoms with Crippen LogP contribution in [0.25, 0.3) is 0 Å². The van der Waals surface area contributed by atoms with Gasteiger partial charge in [0, 0.05) is 17.2 Å². The summed E-state index contributed by atoms with van der Waals surface area (Å²) in [6, 6.07) is 12.5. The molecule has 0 N–H and O–H groups in total. The van der Waals surface area contributed by atoms with Crippen LogP contribution in [0.2, 0.25) is 0 Å². The molecule has 0 fully saturated rings. The van der Waals surface area contributed by atoms with E-state index in [-0.39, 0.29) is 22.4 Å². The standard InChI is InChI=1S/C17H22NO.BrH/c1-17(2,3)15-6-5-11-18(13-15)12-14-7-9-16(19-4)10-8-14;/h5-11,13H,12H2,1-4H3;1H/q+1;/p-1. The number of nitrogens with zero attached hydrogens (tertiary/aromatic N) is 1. The van der Waals surface area contributed by atoms with Crippen molar-refractivity contribution >= 4 is 0 Å². The Morgan fingerprint density at radius 2 is 1.70 bits per heavy atom.